The van der Waals surface area contributed by atoms with Gasteiger partial charge in [-0.2, -0.15) is 0 Å². The summed E-state index contributed by atoms with van der Waals surface area (Å²) in [5.41, 5.74) is 0.0554. The van der Waals surface area contributed by atoms with Gasteiger partial charge in [-0.25, -0.2) is 23.2 Å². The van der Waals surface area contributed by atoms with Gasteiger partial charge < -0.3 is 9.64 Å². The highest BCUT2D eigenvalue weighted by Gasteiger charge is 2.35. The molecule has 0 aliphatic carbocycles. The van der Waals surface area contributed by atoms with Crippen molar-refractivity contribution in [3.05, 3.63) is 18.0 Å². The molecular formula is C15H23N3O4S. The van der Waals surface area contributed by atoms with E-state index in [2.05, 4.69) is 9.97 Å². The van der Waals surface area contributed by atoms with Gasteiger partial charge in [-0.3, -0.25) is 0 Å². The number of carbonyl (C=O) groups is 1. The average Bonchev–Trinajstić information content (AvgIpc) is 2.45. The number of nitrogens with zero attached hydrogens (tertiary/aromatic N) is 3. The van der Waals surface area contributed by atoms with Gasteiger partial charge in [0.25, 0.3) is 0 Å². The minimum Gasteiger partial charge on any atom is -0.444 e. The number of piperidine rings is 1. The van der Waals surface area contributed by atoms with Crippen molar-refractivity contribution >= 4 is 15.9 Å². The van der Waals surface area contributed by atoms with Crippen LogP contribution in [0.15, 0.2) is 17.4 Å². The Labute approximate surface area is 137 Å². The lowest BCUT2D eigenvalue weighted by Crippen LogP contribution is -2.44. The van der Waals surface area contributed by atoms with E-state index in [9.17, 15) is 13.2 Å². The second kappa shape index (κ2) is 6.43. The molecule has 1 aliphatic heterocycles. The molecule has 8 heteroatoms. The predicted molar refractivity (Wildman–Crippen MR) is 84.8 cm³/mol. The summed E-state index contributed by atoms with van der Waals surface area (Å²) in [6.45, 7) is 7.84. The molecule has 7 nitrogen and oxygen atoms in total. The Morgan fingerprint density at radius 2 is 1.91 bits per heavy atom. The number of rotatable bonds is 2. The van der Waals surface area contributed by atoms with Crippen molar-refractivity contribution in [2.24, 2.45) is 0 Å². The van der Waals surface area contributed by atoms with Gasteiger partial charge in [-0.05, 0) is 46.6 Å². The Hall–Kier alpha value is -1.70. The largest absolute Gasteiger partial charge is 0.444 e. The maximum Gasteiger partial charge on any atom is 0.410 e. The van der Waals surface area contributed by atoms with Crippen molar-refractivity contribution in [1.82, 2.24) is 14.9 Å². The first-order chi connectivity index (χ1) is 10.6. The van der Waals surface area contributed by atoms with E-state index in [4.69, 9.17) is 4.74 Å². The van der Waals surface area contributed by atoms with E-state index >= 15 is 0 Å². The fourth-order valence-corrected chi connectivity index (χ4v) is 4.00. The zero-order chi connectivity index (χ0) is 17.3. The summed E-state index contributed by atoms with van der Waals surface area (Å²) < 4.78 is 30.5. The van der Waals surface area contributed by atoms with Crippen molar-refractivity contribution in [3.63, 3.8) is 0 Å². The number of aromatic nitrogens is 2. The molecule has 0 bridgehead atoms. The fraction of sp³-hybridized carbons (Fsp3) is 0.667. The molecule has 0 N–H and O–H groups in total. The van der Waals surface area contributed by atoms with Crippen molar-refractivity contribution < 1.29 is 17.9 Å². The Balaban J connectivity index is 2.03. The minimum absolute atomic E-state index is 0.131. The number of carbonyl (C=O) groups excluding carboxylic acids is 1. The van der Waals surface area contributed by atoms with E-state index < -0.39 is 26.8 Å². The van der Waals surface area contributed by atoms with E-state index in [0.29, 0.717) is 31.6 Å². The lowest BCUT2D eigenvalue weighted by Gasteiger charge is -2.32. The highest BCUT2D eigenvalue weighted by Crippen LogP contribution is 2.23. The summed E-state index contributed by atoms with van der Waals surface area (Å²) in [6, 6.07) is 1.66. The highest BCUT2D eigenvalue weighted by atomic mass is 32.2. The van der Waals surface area contributed by atoms with Crippen molar-refractivity contribution in [2.45, 2.75) is 56.5 Å². The van der Waals surface area contributed by atoms with Crippen LogP contribution >= 0.6 is 0 Å². The van der Waals surface area contributed by atoms with Crippen molar-refractivity contribution in [1.29, 1.82) is 0 Å². The van der Waals surface area contributed by atoms with E-state index in [0.717, 1.165) is 0 Å². The molecule has 1 aromatic rings. The lowest BCUT2D eigenvalue weighted by atomic mass is 10.1. The van der Waals surface area contributed by atoms with Crippen LogP contribution in [-0.4, -0.2) is 53.3 Å². The Morgan fingerprint density at radius 3 is 2.43 bits per heavy atom. The Morgan fingerprint density at radius 1 is 1.30 bits per heavy atom. The van der Waals surface area contributed by atoms with E-state index in [-0.39, 0.29) is 5.16 Å². The molecule has 0 unspecified atom stereocenters. The van der Waals surface area contributed by atoms with Crippen LogP contribution in [0.5, 0.6) is 0 Å². The quantitative estimate of drug-likeness (QED) is 0.764. The van der Waals surface area contributed by atoms with Crippen LogP contribution in [0.25, 0.3) is 0 Å². The van der Waals surface area contributed by atoms with Gasteiger partial charge >= 0.3 is 6.09 Å². The number of sulfone groups is 1. The van der Waals surface area contributed by atoms with Crippen LogP contribution in [0, 0.1) is 6.92 Å². The second-order valence-corrected chi connectivity index (χ2v) is 8.81. The van der Waals surface area contributed by atoms with Crippen LogP contribution in [0.3, 0.4) is 0 Å². The van der Waals surface area contributed by atoms with Crippen LogP contribution in [-0.2, 0) is 14.6 Å². The first-order valence-corrected chi connectivity index (χ1v) is 9.16. The van der Waals surface area contributed by atoms with Gasteiger partial charge in [0.1, 0.15) is 5.60 Å². The van der Waals surface area contributed by atoms with Crippen molar-refractivity contribution in [2.75, 3.05) is 13.1 Å². The summed E-state index contributed by atoms with van der Waals surface area (Å²) >= 11 is 0. The van der Waals surface area contributed by atoms with E-state index in [1.807, 2.05) is 0 Å². The van der Waals surface area contributed by atoms with Gasteiger partial charge in [0.2, 0.25) is 15.0 Å². The molecule has 1 aromatic heterocycles. The predicted octanol–water partition coefficient (Wildman–Crippen LogP) is 1.96. The molecule has 0 saturated carbocycles. The molecule has 1 amide bonds. The molecule has 1 saturated heterocycles. The van der Waals surface area contributed by atoms with E-state index in [1.54, 1.807) is 38.7 Å². The summed E-state index contributed by atoms with van der Waals surface area (Å²) in [4.78, 5) is 21.5. The average molecular weight is 341 g/mol. The molecule has 0 radical (unpaired) electrons. The molecule has 0 spiro atoms. The first kappa shape index (κ1) is 17.7. The zero-order valence-corrected chi connectivity index (χ0v) is 14.8. The summed E-state index contributed by atoms with van der Waals surface area (Å²) in [5.74, 6) is 0. The maximum absolute atomic E-state index is 12.6. The monoisotopic (exact) mass is 341 g/mol. The summed E-state index contributed by atoms with van der Waals surface area (Å²) in [7, 11) is -3.57. The van der Waals surface area contributed by atoms with Gasteiger partial charge in [0, 0.05) is 25.0 Å². The first-order valence-electron chi connectivity index (χ1n) is 7.61. The number of amides is 1. The van der Waals surface area contributed by atoms with Crippen LogP contribution in [0.2, 0.25) is 0 Å². The summed E-state index contributed by atoms with van der Waals surface area (Å²) in [5, 5.41) is -0.698. The third-order valence-electron chi connectivity index (χ3n) is 3.56. The molecule has 23 heavy (non-hydrogen) atoms. The molecule has 2 heterocycles. The molecule has 0 aromatic carbocycles. The van der Waals surface area contributed by atoms with Gasteiger partial charge in [-0.15, -0.1) is 0 Å². The molecule has 1 fully saturated rings. The second-order valence-electron chi connectivity index (χ2n) is 6.69. The Bertz CT molecular complexity index is 674. The molecule has 1 aliphatic rings. The third-order valence-corrected chi connectivity index (χ3v) is 5.61. The van der Waals surface area contributed by atoms with Crippen LogP contribution in [0.4, 0.5) is 4.79 Å². The highest BCUT2D eigenvalue weighted by molar-refractivity contribution is 7.91. The number of hydrogen-bond donors (Lipinski definition) is 0. The lowest BCUT2D eigenvalue weighted by molar-refractivity contribution is 0.0217. The zero-order valence-electron chi connectivity index (χ0n) is 13.9. The minimum atomic E-state index is -3.57. The number of likely N-dealkylation sites (tertiary alicyclic amines) is 1. The van der Waals surface area contributed by atoms with Gasteiger partial charge in [0.15, 0.2) is 0 Å². The smallest absolute Gasteiger partial charge is 0.410 e. The standard InChI is InChI=1S/C15H23N3O4S/c1-11-5-8-16-13(17-11)23(20,21)12-6-9-18(10-7-12)14(19)22-15(2,3)4/h5,8,12H,6-7,9-10H2,1-4H3. The number of ether oxygens (including phenoxy) is 1. The van der Waals surface area contributed by atoms with Crippen molar-refractivity contribution in [3.8, 4) is 0 Å². The fourth-order valence-electron chi connectivity index (χ4n) is 2.39. The summed E-state index contributed by atoms with van der Waals surface area (Å²) in [6.07, 6.45) is 1.77. The molecular weight excluding hydrogens is 318 g/mol. The third kappa shape index (κ3) is 4.40. The number of aryl methyl sites for hydroxylation is 1. The molecule has 2 rings (SSSR count). The topological polar surface area (TPSA) is 89.5 Å². The molecule has 0 atom stereocenters. The molecule has 128 valence electrons. The van der Waals surface area contributed by atoms with Gasteiger partial charge in [0.05, 0.1) is 5.25 Å². The van der Waals surface area contributed by atoms with Crippen LogP contribution < -0.4 is 0 Å². The van der Waals surface area contributed by atoms with E-state index in [1.165, 1.54) is 6.20 Å². The Kier molecular flexibility index (Phi) is 4.93. The van der Waals surface area contributed by atoms with Gasteiger partial charge in [-0.1, -0.05) is 0 Å². The normalized spacial score (nSPS) is 17.1. The SMILES string of the molecule is Cc1ccnc(S(=O)(=O)C2CCN(C(=O)OC(C)(C)C)CC2)n1. The maximum atomic E-state index is 12.6. The van der Waals surface area contributed by atoms with Crippen LogP contribution in [0.1, 0.15) is 39.3 Å². The number of hydrogen-bond acceptors (Lipinski definition) is 6.